The molecular formula is C19H19BrN4O4S2. The number of thiophene rings is 1. The molecule has 0 atom stereocenters. The monoisotopic (exact) mass is 510 g/mol. The van der Waals surface area contributed by atoms with Crippen molar-refractivity contribution in [1.82, 2.24) is 9.21 Å². The molecule has 0 unspecified atom stereocenters. The van der Waals surface area contributed by atoms with Crippen molar-refractivity contribution < 1.29 is 18.0 Å². The second-order valence-corrected chi connectivity index (χ2v) is 11.5. The van der Waals surface area contributed by atoms with Crippen LogP contribution in [0.3, 0.4) is 0 Å². The van der Waals surface area contributed by atoms with Crippen molar-refractivity contribution in [1.29, 1.82) is 0 Å². The molecule has 0 radical (unpaired) electrons. The van der Waals surface area contributed by atoms with E-state index in [-0.39, 0.29) is 55.0 Å². The van der Waals surface area contributed by atoms with E-state index in [1.807, 2.05) is 6.07 Å². The zero-order chi connectivity index (χ0) is 21.3. The van der Waals surface area contributed by atoms with Crippen LogP contribution in [0.1, 0.15) is 12.8 Å². The minimum atomic E-state index is -3.57. The summed E-state index contributed by atoms with van der Waals surface area (Å²) in [4.78, 5) is 26.8. The van der Waals surface area contributed by atoms with Gasteiger partial charge in [0.2, 0.25) is 5.91 Å². The van der Waals surface area contributed by atoms with Crippen LogP contribution in [-0.4, -0.2) is 61.3 Å². The Labute approximate surface area is 186 Å². The summed E-state index contributed by atoms with van der Waals surface area (Å²) in [6.45, 7) is 1.00. The number of anilines is 1. The van der Waals surface area contributed by atoms with Gasteiger partial charge in [-0.05, 0) is 40.2 Å². The summed E-state index contributed by atoms with van der Waals surface area (Å²) >= 11 is 4.46. The number of carbonyl (C=O) groups excluding carboxylic acids is 2. The Morgan fingerprint density at radius 1 is 1.00 bits per heavy atom. The van der Waals surface area contributed by atoms with Gasteiger partial charge in [0.15, 0.2) is 0 Å². The maximum atomic E-state index is 13.0. The summed E-state index contributed by atoms with van der Waals surface area (Å²) in [7, 11) is -3.57. The molecule has 0 aliphatic carbocycles. The molecule has 3 heterocycles. The van der Waals surface area contributed by atoms with Crippen LogP contribution in [0, 0.1) is 0 Å². The number of carbonyl (C=O) groups is 2. The van der Waals surface area contributed by atoms with Gasteiger partial charge in [-0.25, -0.2) is 13.4 Å². The molecule has 1 saturated heterocycles. The molecule has 0 bridgehead atoms. The van der Waals surface area contributed by atoms with Gasteiger partial charge < -0.3 is 4.90 Å². The van der Waals surface area contributed by atoms with Gasteiger partial charge in [0.05, 0.1) is 9.47 Å². The van der Waals surface area contributed by atoms with E-state index in [9.17, 15) is 18.0 Å². The number of hydrazone groups is 1. The van der Waals surface area contributed by atoms with Gasteiger partial charge in [0.25, 0.3) is 15.9 Å². The third-order valence-corrected chi connectivity index (χ3v) is 8.94. The second-order valence-electron chi connectivity index (χ2n) is 6.84. The van der Waals surface area contributed by atoms with Crippen molar-refractivity contribution in [2.45, 2.75) is 17.1 Å². The van der Waals surface area contributed by atoms with Crippen LogP contribution >= 0.6 is 27.3 Å². The summed E-state index contributed by atoms with van der Waals surface area (Å²) in [6, 6.07) is 12.3. The Morgan fingerprint density at radius 2 is 1.70 bits per heavy atom. The third kappa shape index (κ3) is 4.20. The number of halogens is 1. The zero-order valence-electron chi connectivity index (χ0n) is 15.9. The molecule has 2 aromatic rings. The Kier molecular flexibility index (Phi) is 6.05. The quantitative estimate of drug-likeness (QED) is 0.631. The Bertz CT molecular complexity index is 1090. The zero-order valence-corrected chi connectivity index (χ0v) is 19.1. The first kappa shape index (κ1) is 21.2. The Morgan fingerprint density at radius 3 is 2.33 bits per heavy atom. The van der Waals surface area contributed by atoms with Crippen molar-refractivity contribution in [3.63, 3.8) is 0 Å². The summed E-state index contributed by atoms with van der Waals surface area (Å²) in [6.07, 6.45) is 0.490. The number of para-hydroxylation sites is 1. The van der Waals surface area contributed by atoms with E-state index >= 15 is 0 Å². The van der Waals surface area contributed by atoms with Crippen LogP contribution in [0.4, 0.5) is 5.69 Å². The molecule has 1 aromatic heterocycles. The maximum Gasteiger partial charge on any atom is 0.270 e. The highest BCUT2D eigenvalue weighted by molar-refractivity contribution is 9.11. The standard InChI is InChI=1S/C19H19BrN4O4S2/c20-16-7-9-18(29-16)30(27,28)23-12-10-22(11-13-23)19(26)15-6-8-17(25)24(21-15)14-4-2-1-3-5-14/h1-5,7,9H,6,8,10-13H2. The summed E-state index contributed by atoms with van der Waals surface area (Å²) in [5.74, 6) is -0.407. The molecule has 4 rings (SSSR count). The molecule has 2 aliphatic rings. The number of amides is 2. The van der Waals surface area contributed by atoms with Crippen LogP contribution in [-0.2, 0) is 19.6 Å². The highest BCUT2D eigenvalue weighted by atomic mass is 79.9. The van der Waals surface area contributed by atoms with E-state index < -0.39 is 10.0 Å². The first-order valence-electron chi connectivity index (χ1n) is 9.36. The lowest BCUT2D eigenvalue weighted by atomic mass is 10.1. The highest BCUT2D eigenvalue weighted by Gasteiger charge is 2.34. The van der Waals surface area contributed by atoms with Crippen molar-refractivity contribution in [3.05, 3.63) is 46.3 Å². The van der Waals surface area contributed by atoms with Gasteiger partial charge in [-0.3, -0.25) is 9.59 Å². The average Bonchev–Trinajstić information content (AvgIpc) is 3.21. The fourth-order valence-corrected chi connectivity index (χ4v) is 6.94. The van der Waals surface area contributed by atoms with E-state index in [0.29, 0.717) is 11.4 Å². The summed E-state index contributed by atoms with van der Waals surface area (Å²) in [5.41, 5.74) is 0.933. The second kappa shape index (κ2) is 8.58. The first-order valence-corrected chi connectivity index (χ1v) is 12.4. The van der Waals surface area contributed by atoms with Gasteiger partial charge in [-0.2, -0.15) is 9.41 Å². The van der Waals surface area contributed by atoms with Crippen LogP contribution in [0.5, 0.6) is 0 Å². The first-order chi connectivity index (χ1) is 14.4. The lowest BCUT2D eigenvalue weighted by molar-refractivity contribution is -0.125. The van der Waals surface area contributed by atoms with Crippen molar-refractivity contribution in [2.24, 2.45) is 5.10 Å². The topological polar surface area (TPSA) is 90.4 Å². The number of nitrogens with zero attached hydrogens (tertiary/aromatic N) is 4. The molecule has 11 heteroatoms. The van der Waals surface area contributed by atoms with Crippen LogP contribution in [0.2, 0.25) is 0 Å². The largest absolute Gasteiger partial charge is 0.335 e. The van der Waals surface area contributed by atoms with Crippen LogP contribution in [0.25, 0.3) is 0 Å². The number of hydrogen-bond acceptors (Lipinski definition) is 6. The van der Waals surface area contributed by atoms with Crippen molar-refractivity contribution in [2.75, 3.05) is 31.2 Å². The molecule has 158 valence electrons. The van der Waals surface area contributed by atoms with Gasteiger partial charge >= 0.3 is 0 Å². The molecule has 0 spiro atoms. The molecule has 1 aromatic carbocycles. The van der Waals surface area contributed by atoms with Crippen LogP contribution in [0.15, 0.2) is 55.6 Å². The average molecular weight is 511 g/mol. The highest BCUT2D eigenvalue weighted by Crippen LogP contribution is 2.29. The summed E-state index contributed by atoms with van der Waals surface area (Å²) in [5, 5.41) is 5.57. The van der Waals surface area contributed by atoms with Gasteiger partial charge in [0.1, 0.15) is 9.92 Å². The van der Waals surface area contributed by atoms with E-state index in [0.717, 1.165) is 3.79 Å². The minimum absolute atomic E-state index is 0.157. The van der Waals surface area contributed by atoms with E-state index in [4.69, 9.17) is 0 Å². The lowest BCUT2D eigenvalue weighted by Gasteiger charge is -2.34. The predicted octanol–water partition coefficient (Wildman–Crippen LogP) is 2.53. The summed E-state index contributed by atoms with van der Waals surface area (Å²) < 4.78 is 28.0. The van der Waals surface area contributed by atoms with Gasteiger partial charge in [-0.1, -0.05) is 18.2 Å². The smallest absolute Gasteiger partial charge is 0.270 e. The van der Waals surface area contributed by atoms with Crippen LogP contribution < -0.4 is 5.01 Å². The lowest BCUT2D eigenvalue weighted by Crippen LogP contribution is -2.52. The van der Waals surface area contributed by atoms with Gasteiger partial charge in [-0.15, -0.1) is 11.3 Å². The number of benzene rings is 1. The van der Waals surface area contributed by atoms with E-state index in [1.54, 1.807) is 41.3 Å². The molecule has 1 fully saturated rings. The fraction of sp³-hybridized carbons (Fsp3) is 0.316. The normalized spacial score (nSPS) is 18.4. The van der Waals surface area contributed by atoms with Crippen molar-refractivity contribution >= 4 is 60.5 Å². The molecule has 2 aliphatic heterocycles. The maximum absolute atomic E-state index is 13.0. The molecule has 8 nitrogen and oxygen atoms in total. The fourth-order valence-electron chi connectivity index (χ4n) is 3.36. The van der Waals surface area contributed by atoms with E-state index in [1.165, 1.54) is 20.7 Å². The molecular weight excluding hydrogens is 492 g/mol. The SMILES string of the molecule is O=C(C1=NN(c2ccccc2)C(=O)CC1)N1CCN(S(=O)(=O)c2ccc(Br)s2)CC1. The number of rotatable bonds is 4. The van der Waals surface area contributed by atoms with Crippen molar-refractivity contribution in [3.8, 4) is 0 Å². The Balaban J connectivity index is 1.45. The molecule has 2 amide bonds. The Hall–Kier alpha value is -2.08. The van der Waals surface area contributed by atoms with E-state index in [2.05, 4.69) is 21.0 Å². The molecule has 0 N–H and O–H groups in total. The molecule has 0 saturated carbocycles. The third-order valence-electron chi connectivity index (χ3n) is 4.95. The number of piperazine rings is 1. The number of sulfonamides is 1. The van der Waals surface area contributed by atoms with Gasteiger partial charge in [0, 0.05) is 39.0 Å². The molecule has 30 heavy (non-hydrogen) atoms. The minimum Gasteiger partial charge on any atom is -0.335 e. The predicted molar refractivity (Wildman–Crippen MR) is 118 cm³/mol. The number of hydrogen-bond donors (Lipinski definition) is 0.